The number of thioether (sulfide) groups is 1. The van der Waals surface area contributed by atoms with E-state index in [4.69, 9.17) is 4.74 Å². The highest BCUT2D eigenvalue weighted by Gasteiger charge is 2.69. The minimum atomic E-state index is -1.21. The summed E-state index contributed by atoms with van der Waals surface area (Å²) in [5.41, 5.74) is 1.60. The second kappa shape index (κ2) is 10.6. The Morgan fingerprint density at radius 3 is 2.56 bits per heavy atom. The fourth-order valence-corrected chi connectivity index (χ4v) is 11.1. The molecule has 2 saturated carbocycles. The monoisotopic (exact) mass is 641 g/mol. The van der Waals surface area contributed by atoms with E-state index >= 15 is 0 Å². The number of anilines is 1. The predicted octanol–water partition coefficient (Wildman–Crippen LogP) is 4.17. The van der Waals surface area contributed by atoms with Crippen molar-refractivity contribution in [1.29, 1.82) is 0 Å². The van der Waals surface area contributed by atoms with Crippen molar-refractivity contribution >= 4 is 63.2 Å². The van der Waals surface area contributed by atoms with E-state index in [0.29, 0.717) is 17.9 Å². The largest absolute Gasteiger partial charge is 0.484 e. The first kappa shape index (κ1) is 28.1. The van der Waals surface area contributed by atoms with Gasteiger partial charge in [-0.3, -0.25) is 28.9 Å². The molecule has 4 aliphatic rings. The molecule has 1 saturated heterocycles. The maximum absolute atomic E-state index is 13.4. The molecule has 8 rings (SSSR count). The van der Waals surface area contributed by atoms with Crippen molar-refractivity contribution in [2.24, 2.45) is 29.6 Å². The quantitative estimate of drug-likeness (QED) is 0.255. The van der Waals surface area contributed by atoms with E-state index in [0.717, 1.165) is 42.5 Å². The summed E-state index contributed by atoms with van der Waals surface area (Å²) in [6.07, 6.45) is 0.705. The standard InChI is InChI=1S/C33H27N3O7S2/c37-22(34-21-10-4-6-15-5-1-2-9-18(15)21)14-43-17-8-3-7-16(11-17)24-25-19-12-20(28(25)44-30-29(24)45-33(42)35-30)27-26(19)31(40)36(32(27)41)13-23(38)39/h1-11,19-20,24-28H,12-14H2,(H,34,37)(H,35,42)(H,38,39)/t19?,20?,24-,25?,26?,27?,28?/m1/s1. The van der Waals surface area contributed by atoms with Crippen LogP contribution in [0.5, 0.6) is 5.75 Å². The fraction of sp³-hybridized carbons (Fsp3) is 0.303. The Balaban J connectivity index is 1.07. The molecular weight excluding hydrogens is 615 g/mol. The van der Waals surface area contributed by atoms with E-state index in [2.05, 4.69) is 10.3 Å². The number of hydrogen-bond acceptors (Lipinski definition) is 8. The molecule has 3 fully saturated rings. The van der Waals surface area contributed by atoms with E-state index in [1.165, 1.54) is 0 Å². The molecule has 0 radical (unpaired) electrons. The third-order valence-electron chi connectivity index (χ3n) is 9.76. The molecule has 1 aromatic heterocycles. The number of aromatic nitrogens is 1. The number of benzene rings is 3. The van der Waals surface area contributed by atoms with Crippen LogP contribution in [0.4, 0.5) is 5.69 Å². The molecule has 45 heavy (non-hydrogen) atoms. The SMILES string of the molecule is O=C(O)CN1C(=O)C2C3CC(C2C1=O)C1C3Sc2[nH]c(=O)sc2[C@@H]1c1cccc(OCC(=O)Nc2cccc3ccccc23)c1. The summed E-state index contributed by atoms with van der Waals surface area (Å²) in [4.78, 5) is 68.2. The predicted molar refractivity (Wildman–Crippen MR) is 167 cm³/mol. The van der Waals surface area contributed by atoms with Crippen LogP contribution in [0.3, 0.4) is 0 Å². The first-order chi connectivity index (χ1) is 21.8. The van der Waals surface area contributed by atoms with Crippen LogP contribution in [-0.2, 0) is 19.2 Å². The highest BCUT2D eigenvalue weighted by Crippen LogP contribution is 2.68. The maximum Gasteiger partial charge on any atom is 0.323 e. The van der Waals surface area contributed by atoms with E-state index in [1.54, 1.807) is 17.8 Å². The van der Waals surface area contributed by atoms with Crippen LogP contribution in [0.2, 0.25) is 0 Å². The van der Waals surface area contributed by atoms with Gasteiger partial charge in [-0.15, -0.1) is 11.8 Å². The van der Waals surface area contributed by atoms with Gasteiger partial charge >= 0.3 is 10.8 Å². The molecule has 2 aliphatic carbocycles. The van der Waals surface area contributed by atoms with Gasteiger partial charge in [-0.1, -0.05) is 59.9 Å². The number of thiazole rings is 1. The van der Waals surface area contributed by atoms with Crippen LogP contribution >= 0.6 is 23.1 Å². The van der Waals surface area contributed by atoms with Gasteiger partial charge in [0, 0.05) is 27.1 Å². The minimum Gasteiger partial charge on any atom is -0.484 e. The lowest BCUT2D eigenvalue weighted by atomic mass is 9.68. The third-order valence-corrected chi connectivity index (χ3v) is 12.3. The molecule has 3 aromatic carbocycles. The number of aliphatic carboxylic acids is 1. The van der Waals surface area contributed by atoms with Gasteiger partial charge in [-0.25, -0.2) is 0 Å². The van der Waals surface area contributed by atoms with Crippen molar-refractivity contribution in [3.05, 3.63) is 86.8 Å². The third kappa shape index (κ3) is 4.49. The number of rotatable bonds is 7. The number of imide groups is 1. The number of hydrogen-bond donors (Lipinski definition) is 3. The van der Waals surface area contributed by atoms with Gasteiger partial charge in [-0.2, -0.15) is 0 Å². The summed E-state index contributed by atoms with van der Waals surface area (Å²) in [7, 11) is 0. The number of amides is 3. The van der Waals surface area contributed by atoms with Crippen LogP contribution < -0.4 is 14.9 Å². The molecule has 228 valence electrons. The average molecular weight is 642 g/mol. The second-order valence-corrected chi connectivity index (χ2v) is 14.3. The molecule has 2 bridgehead atoms. The van der Waals surface area contributed by atoms with Crippen molar-refractivity contribution in [1.82, 2.24) is 9.88 Å². The van der Waals surface area contributed by atoms with Crippen molar-refractivity contribution in [2.45, 2.75) is 22.6 Å². The molecule has 2 aliphatic heterocycles. The smallest absolute Gasteiger partial charge is 0.323 e. The number of fused-ring (bicyclic) bond motifs is 10. The van der Waals surface area contributed by atoms with Gasteiger partial charge in [0.05, 0.1) is 16.9 Å². The van der Waals surface area contributed by atoms with E-state index < -0.39 is 36.2 Å². The molecule has 3 amide bonds. The van der Waals surface area contributed by atoms with Gasteiger partial charge in [0.25, 0.3) is 5.91 Å². The Bertz CT molecular complexity index is 1970. The zero-order valence-electron chi connectivity index (χ0n) is 23.7. The Morgan fingerprint density at radius 2 is 1.73 bits per heavy atom. The first-order valence-electron chi connectivity index (χ1n) is 14.8. The molecule has 4 aromatic rings. The average Bonchev–Trinajstić information content (AvgIpc) is 3.76. The van der Waals surface area contributed by atoms with E-state index in [9.17, 15) is 29.1 Å². The number of nitrogens with one attached hydrogen (secondary N) is 2. The van der Waals surface area contributed by atoms with Crippen LogP contribution in [0.1, 0.15) is 22.8 Å². The number of carboxylic acid groups (broad SMARTS) is 1. The van der Waals surface area contributed by atoms with Gasteiger partial charge < -0.3 is 20.1 Å². The lowest BCUT2D eigenvalue weighted by Crippen LogP contribution is -2.42. The van der Waals surface area contributed by atoms with Gasteiger partial charge in [0.1, 0.15) is 12.3 Å². The Labute approximate surface area is 264 Å². The van der Waals surface area contributed by atoms with Crippen molar-refractivity contribution in [3.63, 3.8) is 0 Å². The molecule has 0 spiro atoms. The number of carbonyl (C=O) groups excluding carboxylic acids is 3. The Kier molecular flexibility index (Phi) is 6.61. The molecule has 10 nitrogen and oxygen atoms in total. The zero-order chi connectivity index (χ0) is 31.0. The van der Waals surface area contributed by atoms with Crippen LogP contribution in [-0.4, -0.2) is 57.1 Å². The van der Waals surface area contributed by atoms with Crippen LogP contribution in [0.15, 0.2) is 76.6 Å². The highest BCUT2D eigenvalue weighted by atomic mass is 32.2. The lowest BCUT2D eigenvalue weighted by molar-refractivity contribution is -0.149. The molecule has 3 heterocycles. The summed E-state index contributed by atoms with van der Waals surface area (Å²) < 4.78 is 5.96. The number of carbonyl (C=O) groups is 4. The molecule has 6 unspecified atom stereocenters. The molecular formula is C33H27N3O7S2. The number of aromatic amines is 1. The van der Waals surface area contributed by atoms with Crippen molar-refractivity contribution in [3.8, 4) is 5.75 Å². The first-order valence-corrected chi connectivity index (χ1v) is 16.4. The van der Waals surface area contributed by atoms with E-state index in [1.807, 2.05) is 60.7 Å². The van der Waals surface area contributed by atoms with Gasteiger partial charge in [0.2, 0.25) is 11.8 Å². The number of H-pyrrole nitrogens is 1. The fourth-order valence-electron chi connectivity index (χ4n) is 8.21. The van der Waals surface area contributed by atoms with Crippen molar-refractivity contribution in [2.75, 3.05) is 18.5 Å². The Hall–Kier alpha value is -4.42. The number of carboxylic acids is 1. The highest BCUT2D eigenvalue weighted by molar-refractivity contribution is 8.00. The second-order valence-electron chi connectivity index (χ2n) is 12.1. The summed E-state index contributed by atoms with van der Waals surface area (Å²) in [6.45, 7) is -0.823. The summed E-state index contributed by atoms with van der Waals surface area (Å²) in [5, 5.41) is 15.0. The summed E-state index contributed by atoms with van der Waals surface area (Å²) in [5.74, 6) is -3.37. The molecule has 7 atom stereocenters. The summed E-state index contributed by atoms with van der Waals surface area (Å²) in [6, 6.07) is 21.0. The maximum atomic E-state index is 13.4. The lowest BCUT2D eigenvalue weighted by Gasteiger charge is -2.43. The Morgan fingerprint density at radius 1 is 0.978 bits per heavy atom. The van der Waals surface area contributed by atoms with E-state index in [-0.39, 0.29) is 46.3 Å². The minimum absolute atomic E-state index is 0.0171. The molecule has 3 N–H and O–H groups in total. The van der Waals surface area contributed by atoms with Crippen LogP contribution in [0, 0.1) is 29.6 Å². The topological polar surface area (TPSA) is 146 Å². The van der Waals surface area contributed by atoms with Crippen molar-refractivity contribution < 1.29 is 29.0 Å². The zero-order valence-corrected chi connectivity index (χ0v) is 25.3. The normalized spacial score (nSPS) is 27.7. The summed E-state index contributed by atoms with van der Waals surface area (Å²) >= 11 is 2.72. The van der Waals surface area contributed by atoms with Crippen LogP contribution in [0.25, 0.3) is 10.8 Å². The number of ether oxygens (including phenoxy) is 1. The van der Waals surface area contributed by atoms with Gasteiger partial charge in [-0.05, 0) is 53.3 Å². The number of nitrogens with zero attached hydrogens (tertiary/aromatic N) is 1. The molecule has 12 heteroatoms. The number of likely N-dealkylation sites (tertiary alicyclic amines) is 1. The van der Waals surface area contributed by atoms with Gasteiger partial charge in [0.15, 0.2) is 6.61 Å².